The van der Waals surface area contributed by atoms with Gasteiger partial charge in [0.15, 0.2) is 0 Å². The molecule has 1 aliphatic carbocycles. The van der Waals surface area contributed by atoms with Crippen LogP contribution in [0.4, 0.5) is 23.2 Å². The van der Waals surface area contributed by atoms with Gasteiger partial charge >= 0.3 is 5.51 Å². The van der Waals surface area contributed by atoms with E-state index >= 15 is 0 Å². The van der Waals surface area contributed by atoms with Crippen molar-refractivity contribution < 1.29 is 35.8 Å². The number of nitrogens with zero attached hydrogens (tertiary/aromatic N) is 1. The number of ether oxygens (including phenoxy) is 1. The summed E-state index contributed by atoms with van der Waals surface area (Å²) in [4.78, 5) is 1.97. The molecule has 0 spiro atoms. The van der Waals surface area contributed by atoms with Crippen LogP contribution in [-0.2, 0) is 16.3 Å². The second kappa shape index (κ2) is 6.51. The Labute approximate surface area is 151 Å². The zero-order chi connectivity index (χ0) is 20.0. The van der Waals surface area contributed by atoms with Crippen LogP contribution in [0.15, 0.2) is 35.2 Å². The maximum atomic E-state index is 13.4. The first-order chi connectivity index (χ1) is 12.6. The highest BCUT2D eigenvalue weighted by Gasteiger charge is 2.49. The number of alkyl halides is 3. The molecule has 1 N–H and O–H groups in total. The summed E-state index contributed by atoms with van der Waals surface area (Å²) in [6.45, 7) is 6.89. The van der Waals surface area contributed by atoms with Gasteiger partial charge in [-0.1, -0.05) is 0 Å². The molecule has 0 aliphatic heterocycles. The summed E-state index contributed by atoms with van der Waals surface area (Å²) in [5.74, 6) is -0.674. The molecule has 1 unspecified atom stereocenters. The number of fused-ring (bicyclic) bond motifs is 1. The first-order valence-corrected chi connectivity index (χ1v) is 9.04. The van der Waals surface area contributed by atoms with E-state index in [4.69, 9.17) is 11.3 Å². The summed E-state index contributed by atoms with van der Waals surface area (Å²) >= 11 is 0. The summed E-state index contributed by atoms with van der Waals surface area (Å²) in [6, 6.07) is 5.12. The van der Waals surface area contributed by atoms with Gasteiger partial charge in [0.2, 0.25) is 5.69 Å². The predicted octanol–water partition coefficient (Wildman–Crippen LogP) is 4.44. The number of sulfone groups is 1. The largest absolute Gasteiger partial charge is 0.501 e. The van der Waals surface area contributed by atoms with E-state index in [9.17, 15) is 31.1 Å². The lowest BCUT2D eigenvalue weighted by Crippen LogP contribution is -2.24. The average molecular weight is 401 g/mol. The Hall–Kier alpha value is -2.64. The smallest absolute Gasteiger partial charge is 0.458 e. The fraction of sp³-hybridized carbons (Fsp3) is 0.235. The van der Waals surface area contributed by atoms with Gasteiger partial charge in [0.05, 0.1) is 17.6 Å². The van der Waals surface area contributed by atoms with Crippen LogP contribution in [0, 0.1) is 12.4 Å². The van der Waals surface area contributed by atoms with E-state index < -0.39 is 32.2 Å². The van der Waals surface area contributed by atoms with E-state index in [1.807, 2.05) is 0 Å². The standard InChI is InChI=1S/C17H11F4NO4S/c1-22-12-8-9(2-4-11(12)18)26-14-6-7-15(27(24,25)17(19,20)21)16-10(14)3-5-13(16)23/h2,4,6-8,13,23H,3,5H2. The minimum Gasteiger partial charge on any atom is -0.458 e. The number of rotatable bonds is 3. The van der Waals surface area contributed by atoms with Gasteiger partial charge < -0.3 is 9.84 Å². The third-order valence-corrected chi connectivity index (χ3v) is 5.68. The quantitative estimate of drug-likeness (QED) is 0.610. The maximum Gasteiger partial charge on any atom is 0.501 e. The average Bonchev–Trinajstić information content (AvgIpc) is 2.98. The highest BCUT2D eigenvalue weighted by atomic mass is 32.2. The lowest BCUT2D eigenvalue weighted by atomic mass is 10.1. The number of aliphatic hydroxyl groups is 1. The Morgan fingerprint density at radius 3 is 2.56 bits per heavy atom. The molecule has 3 rings (SSSR count). The van der Waals surface area contributed by atoms with Gasteiger partial charge in [0.25, 0.3) is 9.84 Å². The van der Waals surface area contributed by atoms with Crippen molar-refractivity contribution in [1.29, 1.82) is 0 Å². The minimum atomic E-state index is -5.65. The van der Waals surface area contributed by atoms with Crippen molar-refractivity contribution in [2.75, 3.05) is 0 Å². The van der Waals surface area contributed by atoms with Crippen molar-refractivity contribution in [3.63, 3.8) is 0 Å². The van der Waals surface area contributed by atoms with Gasteiger partial charge in [-0.05, 0) is 43.2 Å². The van der Waals surface area contributed by atoms with Crippen LogP contribution in [0.2, 0.25) is 0 Å². The van der Waals surface area contributed by atoms with E-state index in [0.717, 1.165) is 24.3 Å². The van der Waals surface area contributed by atoms with Gasteiger partial charge in [0.1, 0.15) is 17.3 Å². The van der Waals surface area contributed by atoms with Gasteiger partial charge in [-0.3, -0.25) is 0 Å². The number of hydrogen-bond acceptors (Lipinski definition) is 4. The van der Waals surface area contributed by atoms with Gasteiger partial charge in [-0.15, -0.1) is 0 Å². The van der Waals surface area contributed by atoms with Crippen LogP contribution in [0.3, 0.4) is 0 Å². The van der Waals surface area contributed by atoms with Crippen LogP contribution >= 0.6 is 0 Å². The van der Waals surface area contributed by atoms with Crippen LogP contribution in [0.25, 0.3) is 4.85 Å². The number of aliphatic hydroxyl groups excluding tert-OH is 1. The summed E-state index contributed by atoms with van der Waals surface area (Å²) in [5.41, 5.74) is -6.04. The molecule has 142 valence electrons. The first kappa shape index (κ1) is 19.1. The van der Waals surface area contributed by atoms with Crippen molar-refractivity contribution in [1.82, 2.24) is 0 Å². The SMILES string of the molecule is [C-]#[N+]c1cc(Oc2ccc(S(=O)(=O)C(F)(F)F)c3c2CCC3O)ccc1F. The molecule has 27 heavy (non-hydrogen) atoms. The van der Waals surface area contributed by atoms with Gasteiger partial charge in [-0.25, -0.2) is 17.7 Å². The molecule has 10 heteroatoms. The van der Waals surface area contributed by atoms with E-state index in [1.165, 1.54) is 6.07 Å². The van der Waals surface area contributed by atoms with Crippen LogP contribution in [-0.4, -0.2) is 19.0 Å². The third-order valence-electron chi connectivity index (χ3n) is 4.14. The zero-order valence-corrected chi connectivity index (χ0v) is 14.2. The predicted molar refractivity (Wildman–Crippen MR) is 85.7 cm³/mol. The van der Waals surface area contributed by atoms with Gasteiger partial charge in [-0.2, -0.15) is 13.2 Å². The van der Waals surface area contributed by atoms with Crippen molar-refractivity contribution in [2.45, 2.75) is 29.3 Å². The molecule has 0 aromatic heterocycles. The summed E-state index contributed by atoms with van der Waals surface area (Å²) in [7, 11) is -5.65. The Morgan fingerprint density at radius 1 is 1.22 bits per heavy atom. The molecular weight excluding hydrogens is 390 g/mol. The monoisotopic (exact) mass is 401 g/mol. The number of hydrogen-bond donors (Lipinski definition) is 1. The first-order valence-electron chi connectivity index (χ1n) is 7.56. The van der Waals surface area contributed by atoms with Gasteiger partial charge in [0, 0.05) is 11.1 Å². The molecule has 0 amide bonds. The third kappa shape index (κ3) is 3.24. The molecule has 5 nitrogen and oxygen atoms in total. The molecule has 0 bridgehead atoms. The fourth-order valence-electron chi connectivity index (χ4n) is 2.90. The Bertz CT molecular complexity index is 1060. The van der Waals surface area contributed by atoms with Crippen LogP contribution < -0.4 is 4.74 Å². The molecule has 0 heterocycles. The summed E-state index contributed by atoms with van der Waals surface area (Å²) in [5, 5.41) is 10.0. The Balaban J connectivity index is 2.10. The lowest BCUT2D eigenvalue weighted by molar-refractivity contribution is -0.0437. The zero-order valence-electron chi connectivity index (χ0n) is 13.4. The topological polar surface area (TPSA) is 68.0 Å². The highest BCUT2D eigenvalue weighted by molar-refractivity contribution is 7.92. The maximum absolute atomic E-state index is 13.4. The molecule has 0 radical (unpaired) electrons. The molecule has 1 atom stereocenters. The molecule has 0 fully saturated rings. The highest BCUT2D eigenvalue weighted by Crippen LogP contribution is 2.45. The Kier molecular flexibility index (Phi) is 4.61. The lowest BCUT2D eigenvalue weighted by Gasteiger charge is -2.17. The van der Waals surface area contributed by atoms with Crippen molar-refractivity contribution in [3.05, 3.63) is 58.7 Å². The molecule has 2 aromatic carbocycles. The molecule has 0 saturated carbocycles. The normalized spacial score (nSPS) is 16.7. The van der Waals surface area contributed by atoms with E-state index in [-0.39, 0.29) is 41.2 Å². The fourth-order valence-corrected chi connectivity index (χ4v) is 3.94. The van der Waals surface area contributed by atoms with Crippen molar-refractivity contribution in [2.24, 2.45) is 0 Å². The van der Waals surface area contributed by atoms with Crippen molar-refractivity contribution in [3.8, 4) is 11.5 Å². The molecule has 1 aliphatic rings. The Morgan fingerprint density at radius 2 is 1.93 bits per heavy atom. The van der Waals surface area contributed by atoms with Crippen LogP contribution in [0.1, 0.15) is 23.7 Å². The summed E-state index contributed by atoms with van der Waals surface area (Å²) in [6.07, 6.45) is -1.25. The second-order valence-corrected chi connectivity index (χ2v) is 7.69. The molecule has 0 saturated heterocycles. The molecule has 2 aromatic rings. The van der Waals surface area contributed by atoms with Crippen LogP contribution in [0.5, 0.6) is 11.5 Å². The molecular formula is C17H11F4NO4S. The number of halogens is 4. The summed E-state index contributed by atoms with van der Waals surface area (Å²) < 4.78 is 81.3. The minimum absolute atomic E-state index is 0.0326. The number of benzene rings is 2. The van der Waals surface area contributed by atoms with E-state index in [1.54, 1.807) is 0 Å². The van der Waals surface area contributed by atoms with E-state index in [2.05, 4.69) is 4.85 Å². The van der Waals surface area contributed by atoms with Crippen molar-refractivity contribution >= 4 is 15.5 Å². The second-order valence-electron chi connectivity index (χ2n) is 5.78. The van der Waals surface area contributed by atoms with E-state index in [0.29, 0.717) is 0 Å².